The summed E-state index contributed by atoms with van der Waals surface area (Å²) in [5.41, 5.74) is 5.39. The van der Waals surface area contributed by atoms with Gasteiger partial charge in [-0.05, 0) is 73.9 Å². The fourth-order valence-electron chi connectivity index (χ4n) is 5.34. The normalized spacial score (nSPS) is 19.4. The van der Waals surface area contributed by atoms with Crippen molar-refractivity contribution in [2.45, 2.75) is 71.4 Å². The highest BCUT2D eigenvalue weighted by atomic mass is 16.5. The number of hydrogen-bond donors (Lipinski definition) is 3. The molecule has 8 heteroatoms. The van der Waals surface area contributed by atoms with E-state index in [1.807, 2.05) is 12.1 Å². The molecule has 2 aliphatic heterocycles. The fraction of sp³-hybridized carbons (Fsp3) is 0.452. The van der Waals surface area contributed by atoms with Gasteiger partial charge < -0.3 is 20.7 Å². The Bertz CT molecular complexity index is 1300. The average Bonchev–Trinajstić information content (AvgIpc) is 2.94. The van der Waals surface area contributed by atoms with Gasteiger partial charge in [0.05, 0.1) is 12.6 Å². The van der Waals surface area contributed by atoms with E-state index in [4.69, 9.17) is 4.74 Å². The van der Waals surface area contributed by atoms with Crippen molar-refractivity contribution in [1.29, 1.82) is 0 Å². The molecule has 6 bridgehead atoms. The van der Waals surface area contributed by atoms with Gasteiger partial charge >= 0.3 is 0 Å². The lowest BCUT2D eigenvalue weighted by atomic mass is 9.97. The molecule has 206 valence electrons. The van der Waals surface area contributed by atoms with E-state index in [1.165, 1.54) is 11.1 Å². The van der Waals surface area contributed by atoms with Crippen molar-refractivity contribution in [2.24, 2.45) is 0 Å². The molecule has 0 spiro atoms. The standard InChI is InChI=1S/C31H40N6O2/c1-4-21(2)25-12-11-24-17-28(25)39-15-7-13-32-31(38)27-8-5-6-14-37(27)19-23-10-9-22(3)26(16-23)36-30-18-29(35-24)33-20-34-30/h9-12,16-18,20-21,27H,4-8,13-15,19H2,1-3H3,(H,32,38)(H2,33,34,35,36). The molecular formula is C31H40N6O2. The molecular weight excluding hydrogens is 488 g/mol. The minimum absolute atomic E-state index is 0.104. The first-order valence-corrected chi connectivity index (χ1v) is 14.2. The Balaban J connectivity index is 1.46. The van der Waals surface area contributed by atoms with Gasteiger partial charge in [0, 0.05) is 36.6 Å². The molecule has 1 aromatic heterocycles. The van der Waals surface area contributed by atoms with Crippen LogP contribution in [-0.2, 0) is 11.3 Å². The molecule has 0 aliphatic carbocycles. The molecule has 39 heavy (non-hydrogen) atoms. The highest BCUT2D eigenvalue weighted by molar-refractivity contribution is 5.81. The molecule has 3 N–H and O–H groups in total. The van der Waals surface area contributed by atoms with Gasteiger partial charge in [-0.3, -0.25) is 9.69 Å². The third kappa shape index (κ3) is 6.68. The lowest BCUT2D eigenvalue weighted by Gasteiger charge is -2.34. The van der Waals surface area contributed by atoms with Crippen molar-refractivity contribution in [3.8, 4) is 5.75 Å². The summed E-state index contributed by atoms with van der Waals surface area (Å²) in [4.78, 5) is 24.4. The van der Waals surface area contributed by atoms with E-state index in [0.717, 1.165) is 67.9 Å². The first-order valence-electron chi connectivity index (χ1n) is 14.2. The highest BCUT2D eigenvalue weighted by Crippen LogP contribution is 2.33. The summed E-state index contributed by atoms with van der Waals surface area (Å²) in [5.74, 6) is 2.79. The zero-order chi connectivity index (χ0) is 27.2. The summed E-state index contributed by atoms with van der Waals surface area (Å²) >= 11 is 0. The SMILES string of the molecule is CCC(C)c1ccc2cc1OCCCNC(=O)C1CCCCN1Cc1ccc(C)c(c1)Nc1cc(ncn1)N2. The smallest absolute Gasteiger partial charge is 0.237 e. The van der Waals surface area contributed by atoms with Crippen molar-refractivity contribution in [1.82, 2.24) is 20.2 Å². The third-order valence-electron chi connectivity index (χ3n) is 7.84. The lowest BCUT2D eigenvalue weighted by molar-refractivity contribution is -0.127. The quantitative estimate of drug-likeness (QED) is 0.374. The van der Waals surface area contributed by atoms with Crippen molar-refractivity contribution in [2.75, 3.05) is 30.3 Å². The van der Waals surface area contributed by atoms with E-state index in [0.29, 0.717) is 30.7 Å². The number of aryl methyl sites for hydroxylation is 1. The van der Waals surface area contributed by atoms with Crippen LogP contribution < -0.4 is 20.7 Å². The van der Waals surface area contributed by atoms with Crippen molar-refractivity contribution < 1.29 is 9.53 Å². The van der Waals surface area contributed by atoms with Crippen LogP contribution in [0.4, 0.5) is 23.0 Å². The largest absolute Gasteiger partial charge is 0.493 e. The molecule has 2 atom stereocenters. The number of carbonyl (C=O) groups is 1. The van der Waals surface area contributed by atoms with Crippen molar-refractivity contribution >= 4 is 28.9 Å². The highest BCUT2D eigenvalue weighted by Gasteiger charge is 2.28. The number of carbonyl (C=O) groups excluding carboxylic acids is 1. The Labute approximate surface area is 231 Å². The predicted molar refractivity (Wildman–Crippen MR) is 156 cm³/mol. The maximum atomic E-state index is 13.2. The molecule has 5 rings (SSSR count). The number of benzene rings is 2. The topological polar surface area (TPSA) is 91.4 Å². The summed E-state index contributed by atoms with van der Waals surface area (Å²) in [7, 11) is 0. The number of amides is 1. The minimum atomic E-state index is -0.104. The first-order chi connectivity index (χ1) is 19.0. The van der Waals surface area contributed by atoms with E-state index in [9.17, 15) is 4.79 Å². The number of rotatable bonds is 2. The Morgan fingerprint density at radius 2 is 1.90 bits per heavy atom. The minimum Gasteiger partial charge on any atom is -0.493 e. The summed E-state index contributed by atoms with van der Waals surface area (Å²) in [5, 5.41) is 10.1. The van der Waals surface area contributed by atoms with Gasteiger partial charge in [0.25, 0.3) is 0 Å². The van der Waals surface area contributed by atoms with Crippen LogP contribution in [0, 0.1) is 6.92 Å². The van der Waals surface area contributed by atoms with E-state index in [-0.39, 0.29) is 11.9 Å². The van der Waals surface area contributed by atoms with Crippen LogP contribution in [0.25, 0.3) is 0 Å². The van der Waals surface area contributed by atoms with Gasteiger partial charge in [-0.2, -0.15) is 0 Å². The predicted octanol–water partition coefficient (Wildman–Crippen LogP) is 6.04. The van der Waals surface area contributed by atoms with E-state index in [1.54, 1.807) is 6.33 Å². The average molecular weight is 529 g/mol. The summed E-state index contributed by atoms with van der Waals surface area (Å²) < 4.78 is 6.27. The second-order valence-electron chi connectivity index (χ2n) is 10.7. The molecule has 1 fully saturated rings. The van der Waals surface area contributed by atoms with Gasteiger partial charge in [-0.1, -0.05) is 38.5 Å². The van der Waals surface area contributed by atoms with E-state index >= 15 is 0 Å². The lowest BCUT2D eigenvalue weighted by Crippen LogP contribution is -2.49. The maximum Gasteiger partial charge on any atom is 0.237 e. The molecule has 1 amide bonds. The number of nitrogens with zero attached hydrogens (tertiary/aromatic N) is 3. The monoisotopic (exact) mass is 528 g/mol. The van der Waals surface area contributed by atoms with Gasteiger partial charge in [0.15, 0.2) is 0 Å². The number of ether oxygens (including phenoxy) is 1. The molecule has 0 radical (unpaired) electrons. The Hall–Kier alpha value is -3.65. The van der Waals surface area contributed by atoms with E-state index in [2.05, 4.69) is 81.9 Å². The Morgan fingerprint density at radius 3 is 2.74 bits per heavy atom. The number of nitrogens with one attached hydrogen (secondary N) is 3. The summed E-state index contributed by atoms with van der Waals surface area (Å²) in [6.45, 7) is 9.29. The molecule has 3 heterocycles. The second kappa shape index (κ2) is 12.5. The van der Waals surface area contributed by atoms with Crippen LogP contribution in [0.2, 0.25) is 0 Å². The zero-order valence-corrected chi connectivity index (χ0v) is 23.3. The van der Waals surface area contributed by atoms with Gasteiger partial charge in [-0.15, -0.1) is 0 Å². The van der Waals surface area contributed by atoms with Crippen LogP contribution in [0.5, 0.6) is 5.75 Å². The number of fused-ring (bicyclic) bond motifs is 7. The van der Waals surface area contributed by atoms with Crippen LogP contribution >= 0.6 is 0 Å². The Kier molecular flexibility index (Phi) is 8.61. The van der Waals surface area contributed by atoms with Gasteiger partial charge in [0.1, 0.15) is 23.7 Å². The van der Waals surface area contributed by atoms with Crippen LogP contribution in [-0.4, -0.2) is 46.5 Å². The molecule has 3 aromatic rings. The Morgan fingerprint density at radius 1 is 1.05 bits per heavy atom. The van der Waals surface area contributed by atoms with E-state index < -0.39 is 0 Å². The maximum absolute atomic E-state index is 13.2. The molecule has 2 aliphatic rings. The van der Waals surface area contributed by atoms with Crippen LogP contribution in [0.1, 0.15) is 68.6 Å². The van der Waals surface area contributed by atoms with Crippen molar-refractivity contribution in [3.63, 3.8) is 0 Å². The number of anilines is 4. The second-order valence-corrected chi connectivity index (χ2v) is 10.7. The van der Waals surface area contributed by atoms with Gasteiger partial charge in [-0.25, -0.2) is 9.97 Å². The van der Waals surface area contributed by atoms with Gasteiger partial charge in [0.2, 0.25) is 5.91 Å². The molecule has 1 saturated heterocycles. The zero-order valence-electron chi connectivity index (χ0n) is 23.3. The van der Waals surface area contributed by atoms with Crippen LogP contribution in [0.15, 0.2) is 48.8 Å². The number of piperidine rings is 1. The first kappa shape index (κ1) is 26.9. The molecule has 2 aromatic carbocycles. The number of hydrogen-bond acceptors (Lipinski definition) is 7. The summed E-state index contributed by atoms with van der Waals surface area (Å²) in [6.07, 6.45) is 6.43. The van der Waals surface area contributed by atoms with Crippen LogP contribution in [0.3, 0.4) is 0 Å². The number of aromatic nitrogens is 2. The molecule has 0 saturated carbocycles. The molecule has 2 unspecified atom stereocenters. The third-order valence-corrected chi connectivity index (χ3v) is 7.84. The fourth-order valence-corrected chi connectivity index (χ4v) is 5.34. The molecule has 8 nitrogen and oxygen atoms in total. The van der Waals surface area contributed by atoms with Crippen molar-refractivity contribution in [3.05, 3.63) is 65.5 Å². The summed E-state index contributed by atoms with van der Waals surface area (Å²) in [6, 6.07) is 14.5.